The lowest BCUT2D eigenvalue weighted by Crippen LogP contribution is -2.65. The third-order valence-electron chi connectivity index (χ3n) is 8.36. The van der Waals surface area contributed by atoms with Crippen molar-refractivity contribution in [2.45, 2.75) is 88.8 Å². The summed E-state index contributed by atoms with van der Waals surface area (Å²) in [4.78, 5) is 21.6. The molecule has 0 unspecified atom stereocenters. The van der Waals surface area contributed by atoms with Gasteiger partial charge in [-0.3, -0.25) is 9.58 Å². The fourth-order valence-corrected chi connectivity index (χ4v) is 6.06. The van der Waals surface area contributed by atoms with Crippen LogP contribution in [0.3, 0.4) is 0 Å². The fraction of sp³-hybridized carbons (Fsp3) is 0.533. The highest BCUT2D eigenvalue weighted by molar-refractivity contribution is 5.90. The molecular weight excluding hydrogens is 573 g/mol. The van der Waals surface area contributed by atoms with Gasteiger partial charge in [0.05, 0.1) is 30.1 Å². The van der Waals surface area contributed by atoms with Crippen LogP contribution in [0.1, 0.15) is 64.4 Å². The number of aromatic amines is 1. The minimum absolute atomic E-state index is 0.0476. The van der Waals surface area contributed by atoms with Crippen LogP contribution in [0.15, 0.2) is 37.1 Å². The molecule has 0 aromatic carbocycles. The van der Waals surface area contributed by atoms with E-state index >= 15 is 0 Å². The predicted octanol–water partition coefficient (Wildman–Crippen LogP) is 4.83. The van der Waals surface area contributed by atoms with Crippen LogP contribution in [0.5, 0.6) is 5.88 Å². The molecule has 0 spiro atoms. The van der Waals surface area contributed by atoms with E-state index in [0.29, 0.717) is 38.4 Å². The van der Waals surface area contributed by atoms with E-state index < -0.39 is 17.5 Å². The Kier molecular flexibility index (Phi) is 7.79. The first-order valence-electron chi connectivity index (χ1n) is 14.7. The zero-order chi connectivity index (χ0) is 31.1. The van der Waals surface area contributed by atoms with Gasteiger partial charge in [0.25, 0.3) is 0 Å². The molecular formula is C30H35F3N10O. The Morgan fingerprint density at radius 1 is 1.14 bits per heavy atom. The number of likely N-dealkylation sites (tertiary alicyclic amines) is 1. The highest BCUT2D eigenvalue weighted by Crippen LogP contribution is 2.39. The molecule has 2 aliphatic rings. The van der Waals surface area contributed by atoms with Gasteiger partial charge < -0.3 is 15.0 Å². The van der Waals surface area contributed by atoms with Crippen LogP contribution in [-0.2, 0) is 18.3 Å². The summed E-state index contributed by atoms with van der Waals surface area (Å²) in [5.41, 5.74) is 1.92. The van der Waals surface area contributed by atoms with Gasteiger partial charge in [0.1, 0.15) is 23.6 Å². The highest BCUT2D eigenvalue weighted by atomic mass is 19.4. The smallest absolute Gasteiger partial charge is 0.451 e. The molecule has 1 saturated heterocycles. The molecule has 0 amide bonds. The lowest BCUT2D eigenvalue weighted by Gasteiger charge is -2.53. The second-order valence-corrected chi connectivity index (χ2v) is 12.8. The van der Waals surface area contributed by atoms with Gasteiger partial charge in [0.2, 0.25) is 11.7 Å². The minimum atomic E-state index is -4.67. The Morgan fingerprint density at radius 3 is 2.61 bits per heavy atom. The summed E-state index contributed by atoms with van der Waals surface area (Å²) in [6, 6.07) is 6.06. The van der Waals surface area contributed by atoms with Crippen molar-refractivity contribution >= 4 is 11.0 Å². The summed E-state index contributed by atoms with van der Waals surface area (Å²) in [6.07, 6.45) is 5.56. The van der Waals surface area contributed by atoms with Gasteiger partial charge in [-0.25, -0.2) is 15.0 Å². The number of nitrogens with zero attached hydrogens (tertiary/aromatic N) is 8. The van der Waals surface area contributed by atoms with E-state index in [1.165, 1.54) is 12.4 Å². The average molecular weight is 609 g/mol. The topological polar surface area (TPSA) is 133 Å². The molecule has 1 saturated carbocycles. The quantitative estimate of drug-likeness (QED) is 0.288. The molecule has 1 aliphatic carbocycles. The molecule has 14 heteroatoms. The number of hydrogen-bond donors (Lipinski definition) is 2. The van der Waals surface area contributed by atoms with Gasteiger partial charge >= 0.3 is 6.18 Å². The summed E-state index contributed by atoms with van der Waals surface area (Å²) in [5, 5.41) is 18.4. The zero-order valence-electron chi connectivity index (χ0n) is 24.9. The van der Waals surface area contributed by atoms with Crippen molar-refractivity contribution in [3.8, 4) is 23.2 Å². The fourth-order valence-electron chi connectivity index (χ4n) is 6.06. The molecule has 2 N–H and O–H groups in total. The van der Waals surface area contributed by atoms with Crippen molar-refractivity contribution in [3.63, 3.8) is 0 Å². The van der Waals surface area contributed by atoms with Crippen LogP contribution in [0, 0.1) is 11.3 Å². The van der Waals surface area contributed by atoms with Crippen LogP contribution in [0.25, 0.3) is 22.3 Å². The van der Waals surface area contributed by atoms with Gasteiger partial charge in [0.15, 0.2) is 0 Å². The molecule has 11 nitrogen and oxygen atoms in total. The summed E-state index contributed by atoms with van der Waals surface area (Å²) in [6.45, 7) is 7.35. The second-order valence-electron chi connectivity index (χ2n) is 12.8. The molecule has 44 heavy (non-hydrogen) atoms. The second kappa shape index (κ2) is 11.4. The van der Waals surface area contributed by atoms with E-state index in [1.54, 1.807) is 6.20 Å². The van der Waals surface area contributed by atoms with Crippen molar-refractivity contribution in [1.82, 2.24) is 44.9 Å². The number of hydrogen-bond acceptors (Lipinski definition) is 9. The monoisotopic (exact) mass is 608 g/mol. The molecule has 2 fully saturated rings. The maximum atomic E-state index is 13.5. The maximum Gasteiger partial charge on any atom is 0.451 e. The molecule has 0 radical (unpaired) electrons. The van der Waals surface area contributed by atoms with Crippen molar-refractivity contribution in [3.05, 3.63) is 48.6 Å². The van der Waals surface area contributed by atoms with Crippen LogP contribution in [0.2, 0.25) is 0 Å². The standard InChI is InChI=1S/C30H35F3N10O/c1-28(2,3)38-14-20-12-24(41-27(40-20)30(31,32)33)44-22-6-4-21(5-7-22)42-16-29(17-42,9-10-34)43-15-19(13-39-43)25-23-8-11-35-26(23)37-18-36-25/h8,11-13,15,18,21-22,38H,4-7,9,14,16-17H2,1-3H3,(H,35,36,37). The first-order valence-corrected chi connectivity index (χ1v) is 14.7. The van der Waals surface area contributed by atoms with Crippen LogP contribution >= 0.6 is 0 Å². The number of nitriles is 1. The number of aromatic nitrogens is 7. The number of alkyl halides is 3. The molecule has 4 aromatic rings. The molecule has 4 aromatic heterocycles. The Labute approximate surface area is 252 Å². The lowest BCUT2D eigenvalue weighted by molar-refractivity contribution is -0.145. The van der Waals surface area contributed by atoms with Gasteiger partial charge in [-0.15, -0.1) is 0 Å². The zero-order valence-corrected chi connectivity index (χ0v) is 24.9. The SMILES string of the molecule is CC(C)(C)NCc1cc(OC2CCC(N3CC(CC#N)(n4cc(-c5ncnc6[nH]ccc56)cn4)C3)CC2)nc(C(F)(F)F)n1. The lowest BCUT2D eigenvalue weighted by atomic mass is 9.82. The maximum absolute atomic E-state index is 13.5. The number of rotatable bonds is 8. The van der Waals surface area contributed by atoms with Crippen molar-refractivity contribution in [2.24, 2.45) is 0 Å². The summed E-state index contributed by atoms with van der Waals surface area (Å²) >= 11 is 0. The van der Waals surface area contributed by atoms with Gasteiger partial charge in [-0.1, -0.05) is 0 Å². The number of H-pyrrole nitrogens is 1. The number of halogens is 3. The molecule has 1 aliphatic heterocycles. The summed E-state index contributed by atoms with van der Waals surface area (Å²) in [5.74, 6) is -1.24. The average Bonchev–Trinajstić information content (AvgIpc) is 3.64. The first kappa shape index (κ1) is 30.0. The molecule has 232 valence electrons. The molecule has 0 atom stereocenters. The van der Waals surface area contributed by atoms with Gasteiger partial charge in [-0.05, 0) is 52.5 Å². The largest absolute Gasteiger partial charge is 0.474 e. The van der Waals surface area contributed by atoms with Gasteiger partial charge in [-0.2, -0.15) is 28.5 Å². The van der Waals surface area contributed by atoms with Crippen LogP contribution in [0.4, 0.5) is 13.2 Å². The Morgan fingerprint density at radius 2 is 1.91 bits per heavy atom. The van der Waals surface area contributed by atoms with Crippen molar-refractivity contribution in [2.75, 3.05) is 13.1 Å². The van der Waals surface area contributed by atoms with Crippen LogP contribution < -0.4 is 10.1 Å². The third kappa shape index (κ3) is 6.25. The van der Waals surface area contributed by atoms with E-state index in [9.17, 15) is 18.4 Å². The van der Waals surface area contributed by atoms with E-state index in [2.05, 4.69) is 46.3 Å². The Bertz CT molecular complexity index is 1650. The first-order chi connectivity index (χ1) is 20.9. The Hall–Kier alpha value is -4.09. The summed E-state index contributed by atoms with van der Waals surface area (Å²) < 4.78 is 48.5. The third-order valence-corrected chi connectivity index (χ3v) is 8.36. The number of ether oxygens (including phenoxy) is 1. The van der Waals surface area contributed by atoms with Crippen molar-refractivity contribution in [1.29, 1.82) is 5.26 Å². The van der Waals surface area contributed by atoms with Crippen molar-refractivity contribution < 1.29 is 17.9 Å². The predicted molar refractivity (Wildman–Crippen MR) is 155 cm³/mol. The molecule has 5 heterocycles. The number of fused-ring (bicyclic) bond motifs is 1. The number of nitrogens with one attached hydrogen (secondary N) is 2. The van der Waals surface area contributed by atoms with E-state index in [4.69, 9.17) is 4.74 Å². The van der Waals surface area contributed by atoms with Crippen LogP contribution in [-0.4, -0.2) is 70.4 Å². The molecule has 0 bridgehead atoms. The molecule has 6 rings (SSSR count). The minimum Gasteiger partial charge on any atom is -0.474 e. The summed E-state index contributed by atoms with van der Waals surface area (Å²) in [7, 11) is 0. The van der Waals surface area contributed by atoms with Gasteiger partial charge in [0, 0.05) is 60.6 Å². The normalized spacial score (nSPS) is 20.8. The van der Waals surface area contributed by atoms with E-state index in [0.717, 1.165) is 35.1 Å². The highest BCUT2D eigenvalue weighted by Gasteiger charge is 2.48. The van der Waals surface area contributed by atoms with E-state index in [-0.39, 0.29) is 29.8 Å². The Balaban J connectivity index is 1.08. The van der Waals surface area contributed by atoms with E-state index in [1.807, 2.05) is 43.9 Å².